The minimum Gasteiger partial charge on any atom is -0.502 e. The molecular formula is C21H29N3O3. The first-order valence-corrected chi connectivity index (χ1v) is 9.02. The van der Waals surface area contributed by atoms with Crippen molar-refractivity contribution >= 4 is 5.96 Å². The number of benzene rings is 2. The van der Waals surface area contributed by atoms with Gasteiger partial charge in [-0.25, -0.2) is 0 Å². The van der Waals surface area contributed by atoms with E-state index in [9.17, 15) is 5.11 Å². The first kappa shape index (κ1) is 20.4. The molecule has 146 valence electrons. The van der Waals surface area contributed by atoms with Gasteiger partial charge >= 0.3 is 0 Å². The average Bonchev–Trinajstić information content (AvgIpc) is 2.71. The zero-order valence-electron chi connectivity index (χ0n) is 16.5. The van der Waals surface area contributed by atoms with Gasteiger partial charge < -0.3 is 25.2 Å². The Labute approximate surface area is 161 Å². The maximum Gasteiger partial charge on any atom is 0.200 e. The zero-order valence-corrected chi connectivity index (χ0v) is 16.5. The van der Waals surface area contributed by atoms with Gasteiger partial charge in [-0.1, -0.05) is 30.3 Å². The highest BCUT2D eigenvalue weighted by atomic mass is 16.5. The Morgan fingerprint density at radius 2 is 1.70 bits per heavy atom. The lowest BCUT2D eigenvalue weighted by atomic mass is 10.1. The van der Waals surface area contributed by atoms with E-state index in [0.29, 0.717) is 18.0 Å². The maximum atomic E-state index is 10.0. The number of rotatable bonds is 8. The number of phenols is 1. The summed E-state index contributed by atoms with van der Waals surface area (Å²) in [7, 11) is 4.78. The molecule has 0 aromatic heterocycles. The van der Waals surface area contributed by atoms with Crippen molar-refractivity contribution < 1.29 is 14.6 Å². The third-order valence-corrected chi connectivity index (χ3v) is 4.32. The molecule has 2 rings (SSSR count). The number of aromatic hydroxyl groups is 1. The van der Waals surface area contributed by atoms with Crippen LogP contribution in [0.4, 0.5) is 0 Å². The molecule has 0 aliphatic rings. The zero-order chi connectivity index (χ0) is 19.6. The van der Waals surface area contributed by atoms with Crippen LogP contribution < -0.4 is 20.1 Å². The average molecular weight is 371 g/mol. The lowest BCUT2D eigenvalue weighted by Gasteiger charge is -2.18. The lowest BCUT2D eigenvalue weighted by molar-refractivity contribution is 0.339. The monoisotopic (exact) mass is 371 g/mol. The molecular weight excluding hydrogens is 342 g/mol. The second-order valence-electron chi connectivity index (χ2n) is 6.34. The van der Waals surface area contributed by atoms with Gasteiger partial charge in [-0.05, 0) is 43.0 Å². The summed E-state index contributed by atoms with van der Waals surface area (Å²) in [5.74, 6) is 1.48. The highest BCUT2D eigenvalue weighted by Gasteiger charge is 2.12. The second-order valence-corrected chi connectivity index (χ2v) is 6.34. The third kappa shape index (κ3) is 6.09. The molecule has 0 spiro atoms. The number of hydrogen-bond acceptors (Lipinski definition) is 4. The van der Waals surface area contributed by atoms with Crippen LogP contribution in [0.1, 0.15) is 24.5 Å². The minimum atomic E-state index is 0.000733. The van der Waals surface area contributed by atoms with Crippen LogP contribution in [0, 0.1) is 0 Å². The van der Waals surface area contributed by atoms with Gasteiger partial charge in [-0.2, -0.15) is 0 Å². The van der Waals surface area contributed by atoms with E-state index in [0.717, 1.165) is 24.4 Å². The SMILES string of the molecule is CN=C(NCc1cc(OC)c(O)c(OC)c1)NC(C)CCc1ccccc1. The summed E-state index contributed by atoms with van der Waals surface area (Å²) in [4.78, 5) is 4.28. The van der Waals surface area contributed by atoms with Crippen LogP contribution in [-0.2, 0) is 13.0 Å². The molecule has 3 N–H and O–H groups in total. The summed E-state index contributed by atoms with van der Waals surface area (Å²) in [6, 6.07) is 14.3. The summed E-state index contributed by atoms with van der Waals surface area (Å²) in [6.45, 7) is 2.67. The fourth-order valence-corrected chi connectivity index (χ4v) is 2.76. The van der Waals surface area contributed by atoms with Crippen LogP contribution in [0.5, 0.6) is 17.2 Å². The Bertz CT molecular complexity index is 723. The van der Waals surface area contributed by atoms with E-state index in [4.69, 9.17) is 9.47 Å². The van der Waals surface area contributed by atoms with Crippen molar-refractivity contribution in [1.82, 2.24) is 10.6 Å². The van der Waals surface area contributed by atoms with Crippen molar-refractivity contribution in [3.05, 3.63) is 53.6 Å². The van der Waals surface area contributed by atoms with Gasteiger partial charge in [-0.3, -0.25) is 4.99 Å². The van der Waals surface area contributed by atoms with E-state index in [1.807, 2.05) is 6.07 Å². The molecule has 1 atom stereocenters. The second kappa shape index (κ2) is 10.3. The minimum absolute atomic E-state index is 0.000733. The molecule has 0 aliphatic heterocycles. The molecule has 6 heteroatoms. The number of nitrogens with one attached hydrogen (secondary N) is 2. The van der Waals surface area contributed by atoms with Crippen LogP contribution >= 0.6 is 0 Å². The summed E-state index contributed by atoms with van der Waals surface area (Å²) >= 11 is 0. The molecule has 0 radical (unpaired) electrons. The first-order chi connectivity index (χ1) is 13.1. The van der Waals surface area contributed by atoms with E-state index in [1.165, 1.54) is 19.8 Å². The smallest absolute Gasteiger partial charge is 0.200 e. The van der Waals surface area contributed by atoms with E-state index < -0.39 is 0 Å². The van der Waals surface area contributed by atoms with E-state index in [1.54, 1.807) is 19.2 Å². The fraction of sp³-hybridized carbons (Fsp3) is 0.381. The Kier molecular flexibility index (Phi) is 7.79. The quantitative estimate of drug-likeness (QED) is 0.491. The molecule has 0 bridgehead atoms. The van der Waals surface area contributed by atoms with Crippen molar-refractivity contribution in [3.8, 4) is 17.2 Å². The van der Waals surface area contributed by atoms with Crippen molar-refractivity contribution in [3.63, 3.8) is 0 Å². The predicted molar refractivity (Wildman–Crippen MR) is 109 cm³/mol. The largest absolute Gasteiger partial charge is 0.502 e. The van der Waals surface area contributed by atoms with Gasteiger partial charge in [0.15, 0.2) is 17.5 Å². The molecule has 27 heavy (non-hydrogen) atoms. The molecule has 2 aromatic carbocycles. The molecule has 6 nitrogen and oxygen atoms in total. The Morgan fingerprint density at radius 3 is 2.26 bits per heavy atom. The third-order valence-electron chi connectivity index (χ3n) is 4.32. The summed E-state index contributed by atoms with van der Waals surface area (Å²) < 4.78 is 10.4. The molecule has 0 aliphatic carbocycles. The standard InChI is InChI=1S/C21H29N3O3/c1-15(10-11-16-8-6-5-7-9-16)24-21(22-2)23-14-17-12-18(26-3)20(25)19(13-17)27-4/h5-9,12-13,15,25H,10-11,14H2,1-4H3,(H2,22,23,24). The normalized spacial score (nSPS) is 12.4. The van der Waals surface area contributed by atoms with Gasteiger partial charge in [0, 0.05) is 19.6 Å². The highest BCUT2D eigenvalue weighted by Crippen LogP contribution is 2.36. The number of nitrogens with zero attached hydrogens (tertiary/aromatic N) is 1. The summed E-state index contributed by atoms with van der Waals surface area (Å²) in [6.07, 6.45) is 2.02. The number of phenolic OH excluding ortho intramolecular Hbond substituents is 1. The number of guanidine groups is 1. The van der Waals surface area contributed by atoms with E-state index >= 15 is 0 Å². The predicted octanol–water partition coefficient (Wildman–Crippen LogP) is 3.10. The van der Waals surface area contributed by atoms with Gasteiger partial charge in [0.2, 0.25) is 5.75 Å². The first-order valence-electron chi connectivity index (χ1n) is 9.02. The van der Waals surface area contributed by atoms with Gasteiger partial charge in [0.1, 0.15) is 0 Å². The van der Waals surface area contributed by atoms with E-state index in [-0.39, 0.29) is 11.8 Å². The molecule has 0 heterocycles. The number of methoxy groups -OCH3 is 2. The van der Waals surface area contributed by atoms with Crippen molar-refractivity contribution in [1.29, 1.82) is 0 Å². The topological polar surface area (TPSA) is 75.1 Å². The van der Waals surface area contributed by atoms with Gasteiger partial charge in [-0.15, -0.1) is 0 Å². The fourth-order valence-electron chi connectivity index (χ4n) is 2.76. The molecule has 0 saturated carbocycles. The Hall–Kier alpha value is -2.89. The molecule has 0 fully saturated rings. The van der Waals surface area contributed by atoms with Crippen LogP contribution in [0.25, 0.3) is 0 Å². The molecule has 2 aromatic rings. The van der Waals surface area contributed by atoms with Crippen molar-refractivity contribution in [2.24, 2.45) is 4.99 Å². The van der Waals surface area contributed by atoms with Gasteiger partial charge in [0.05, 0.1) is 14.2 Å². The number of aryl methyl sites for hydroxylation is 1. The van der Waals surface area contributed by atoms with Crippen molar-refractivity contribution in [2.75, 3.05) is 21.3 Å². The molecule has 0 amide bonds. The summed E-state index contributed by atoms with van der Waals surface area (Å²) in [5, 5.41) is 16.7. The van der Waals surface area contributed by atoms with Crippen LogP contribution in [-0.4, -0.2) is 38.4 Å². The van der Waals surface area contributed by atoms with Crippen molar-refractivity contribution in [2.45, 2.75) is 32.4 Å². The highest BCUT2D eigenvalue weighted by molar-refractivity contribution is 5.80. The molecule has 1 unspecified atom stereocenters. The Balaban J connectivity index is 1.90. The van der Waals surface area contributed by atoms with Gasteiger partial charge in [0.25, 0.3) is 0 Å². The van der Waals surface area contributed by atoms with Crippen LogP contribution in [0.15, 0.2) is 47.5 Å². The van der Waals surface area contributed by atoms with Crippen LogP contribution in [0.2, 0.25) is 0 Å². The van der Waals surface area contributed by atoms with E-state index in [2.05, 4.69) is 46.8 Å². The Morgan fingerprint density at radius 1 is 1.07 bits per heavy atom. The number of hydrogen-bond donors (Lipinski definition) is 3. The lowest BCUT2D eigenvalue weighted by Crippen LogP contribution is -2.42. The summed E-state index contributed by atoms with van der Waals surface area (Å²) in [5.41, 5.74) is 2.25. The number of aliphatic imine (C=N–C) groups is 1. The molecule has 0 saturated heterocycles. The van der Waals surface area contributed by atoms with Crippen LogP contribution in [0.3, 0.4) is 0 Å². The maximum absolute atomic E-state index is 10.0. The number of ether oxygens (including phenoxy) is 2.